The van der Waals surface area contributed by atoms with Gasteiger partial charge in [0.2, 0.25) is 0 Å². The Labute approximate surface area is 79.4 Å². The third kappa shape index (κ3) is 2.55. The molecule has 0 aliphatic rings. The van der Waals surface area contributed by atoms with Gasteiger partial charge in [0.1, 0.15) is 0 Å². The first-order valence-corrected chi connectivity index (χ1v) is 4.43. The zero-order valence-electron chi connectivity index (χ0n) is 7.06. The number of amides is 1. The van der Waals surface area contributed by atoms with E-state index in [0.717, 1.165) is 11.2 Å². The topological polar surface area (TPSA) is 57.6 Å². The van der Waals surface area contributed by atoms with Gasteiger partial charge in [0.05, 0.1) is 11.4 Å². The zero-order valence-corrected chi connectivity index (χ0v) is 7.87. The highest BCUT2D eigenvalue weighted by molar-refractivity contribution is 7.13. The van der Waals surface area contributed by atoms with Gasteiger partial charge in [-0.1, -0.05) is 0 Å². The van der Waals surface area contributed by atoms with Crippen LogP contribution < -0.4 is 0 Å². The Morgan fingerprint density at radius 3 is 2.85 bits per heavy atom. The van der Waals surface area contributed by atoms with Crippen molar-refractivity contribution in [2.45, 2.75) is 6.54 Å². The van der Waals surface area contributed by atoms with Crippen molar-refractivity contribution in [2.24, 2.45) is 0 Å². The van der Waals surface area contributed by atoms with E-state index in [-0.39, 0.29) is 0 Å². The first-order valence-electron chi connectivity index (χ1n) is 3.61. The van der Waals surface area contributed by atoms with E-state index in [2.05, 4.69) is 0 Å². The van der Waals surface area contributed by atoms with E-state index in [9.17, 15) is 9.59 Å². The fraction of sp³-hybridized carbons (Fsp3) is 0.250. The summed E-state index contributed by atoms with van der Waals surface area (Å²) in [4.78, 5) is 23.4. The maximum atomic E-state index is 10.4. The van der Waals surface area contributed by atoms with Crippen molar-refractivity contribution in [3.05, 3.63) is 21.9 Å². The number of thiophene rings is 1. The summed E-state index contributed by atoms with van der Waals surface area (Å²) >= 11 is 1.31. The third-order valence-corrected chi connectivity index (χ3v) is 2.51. The number of rotatable bonds is 3. The lowest BCUT2D eigenvalue weighted by molar-refractivity contribution is 0.112. The lowest BCUT2D eigenvalue weighted by Gasteiger charge is -2.10. The summed E-state index contributed by atoms with van der Waals surface area (Å²) in [5.74, 6) is 0. The van der Waals surface area contributed by atoms with Crippen molar-refractivity contribution in [3.8, 4) is 0 Å². The molecule has 0 bridgehead atoms. The molecule has 13 heavy (non-hydrogen) atoms. The number of carbonyl (C=O) groups is 2. The minimum absolute atomic E-state index is 0.327. The molecular weight excluding hydrogens is 190 g/mol. The van der Waals surface area contributed by atoms with Crippen molar-refractivity contribution in [1.82, 2.24) is 4.90 Å². The number of aldehydes is 1. The smallest absolute Gasteiger partial charge is 0.407 e. The van der Waals surface area contributed by atoms with E-state index in [1.165, 1.54) is 23.3 Å². The molecule has 0 aliphatic heterocycles. The molecule has 70 valence electrons. The van der Waals surface area contributed by atoms with Crippen molar-refractivity contribution >= 4 is 23.7 Å². The largest absolute Gasteiger partial charge is 0.465 e. The third-order valence-electron chi connectivity index (χ3n) is 1.52. The lowest BCUT2D eigenvalue weighted by atomic mass is 10.4. The Morgan fingerprint density at radius 2 is 2.38 bits per heavy atom. The minimum atomic E-state index is -0.971. The highest BCUT2D eigenvalue weighted by Crippen LogP contribution is 2.15. The van der Waals surface area contributed by atoms with E-state index in [1.54, 1.807) is 12.1 Å². The van der Waals surface area contributed by atoms with Crippen LogP contribution in [0.3, 0.4) is 0 Å². The highest BCUT2D eigenvalue weighted by Gasteiger charge is 2.07. The predicted molar refractivity (Wildman–Crippen MR) is 49.2 cm³/mol. The molecule has 1 heterocycles. The van der Waals surface area contributed by atoms with Gasteiger partial charge in [-0.05, 0) is 12.1 Å². The molecule has 1 amide bonds. The van der Waals surface area contributed by atoms with Gasteiger partial charge in [0.15, 0.2) is 6.29 Å². The van der Waals surface area contributed by atoms with Crippen molar-refractivity contribution in [1.29, 1.82) is 0 Å². The molecular formula is C8H9NO3S. The standard InChI is InChI=1S/C8H9NO3S/c1-9(8(11)12)4-6-2-3-7(5-10)13-6/h2-3,5H,4H2,1H3,(H,11,12). The molecule has 0 spiro atoms. The van der Waals surface area contributed by atoms with Crippen molar-refractivity contribution in [2.75, 3.05) is 7.05 Å². The Kier molecular flexibility index (Phi) is 3.02. The number of carbonyl (C=O) groups excluding carboxylic acids is 1. The molecule has 1 rings (SSSR count). The van der Waals surface area contributed by atoms with Gasteiger partial charge in [0.25, 0.3) is 0 Å². The van der Waals surface area contributed by atoms with Gasteiger partial charge in [-0.25, -0.2) is 4.79 Å². The van der Waals surface area contributed by atoms with E-state index in [0.29, 0.717) is 11.4 Å². The first kappa shape index (κ1) is 9.73. The molecule has 0 saturated heterocycles. The Balaban J connectivity index is 2.63. The lowest BCUT2D eigenvalue weighted by Crippen LogP contribution is -2.23. The summed E-state index contributed by atoms with van der Waals surface area (Å²) in [5, 5.41) is 8.57. The van der Waals surface area contributed by atoms with Crippen LogP contribution in [0.1, 0.15) is 14.5 Å². The number of carboxylic acid groups (broad SMARTS) is 1. The van der Waals surface area contributed by atoms with E-state index in [1.807, 2.05) is 0 Å². The Morgan fingerprint density at radius 1 is 1.69 bits per heavy atom. The highest BCUT2D eigenvalue weighted by atomic mass is 32.1. The molecule has 0 atom stereocenters. The second-order valence-electron chi connectivity index (χ2n) is 2.56. The summed E-state index contributed by atoms with van der Waals surface area (Å²) < 4.78 is 0. The SMILES string of the molecule is CN(Cc1ccc(C=O)s1)C(=O)O. The predicted octanol–water partition coefficient (Wildman–Crippen LogP) is 1.67. The van der Waals surface area contributed by atoms with Gasteiger partial charge >= 0.3 is 6.09 Å². The van der Waals surface area contributed by atoms with Crippen LogP contribution in [0.2, 0.25) is 0 Å². The molecule has 0 aromatic carbocycles. The molecule has 1 N–H and O–H groups in total. The van der Waals surface area contributed by atoms with Gasteiger partial charge in [-0.3, -0.25) is 4.79 Å². The fourth-order valence-electron chi connectivity index (χ4n) is 0.844. The zero-order chi connectivity index (χ0) is 9.84. The fourth-order valence-corrected chi connectivity index (χ4v) is 1.73. The van der Waals surface area contributed by atoms with Gasteiger partial charge in [0, 0.05) is 11.9 Å². The second-order valence-corrected chi connectivity index (χ2v) is 3.76. The molecule has 0 fully saturated rings. The number of hydrogen-bond donors (Lipinski definition) is 1. The van der Waals surface area contributed by atoms with Crippen molar-refractivity contribution in [3.63, 3.8) is 0 Å². The van der Waals surface area contributed by atoms with Crippen LogP contribution in [0.25, 0.3) is 0 Å². The molecule has 5 heteroatoms. The van der Waals surface area contributed by atoms with Gasteiger partial charge < -0.3 is 10.0 Å². The van der Waals surface area contributed by atoms with Gasteiger partial charge in [-0.15, -0.1) is 11.3 Å². The normalized spacial score (nSPS) is 9.62. The summed E-state index contributed by atoms with van der Waals surface area (Å²) in [7, 11) is 1.49. The number of nitrogens with zero attached hydrogens (tertiary/aromatic N) is 1. The maximum Gasteiger partial charge on any atom is 0.407 e. The molecule has 0 radical (unpaired) electrons. The van der Waals surface area contributed by atoms with Crippen LogP contribution in [0.15, 0.2) is 12.1 Å². The summed E-state index contributed by atoms with van der Waals surface area (Å²) in [6.07, 6.45) is -0.212. The molecule has 1 aromatic rings. The summed E-state index contributed by atoms with van der Waals surface area (Å²) in [6, 6.07) is 3.44. The molecule has 0 aliphatic carbocycles. The van der Waals surface area contributed by atoms with Gasteiger partial charge in [-0.2, -0.15) is 0 Å². The summed E-state index contributed by atoms with van der Waals surface area (Å²) in [6.45, 7) is 0.327. The average molecular weight is 199 g/mol. The molecule has 0 unspecified atom stereocenters. The maximum absolute atomic E-state index is 10.4. The number of hydrogen-bond acceptors (Lipinski definition) is 3. The quantitative estimate of drug-likeness (QED) is 0.753. The van der Waals surface area contributed by atoms with Crippen molar-refractivity contribution < 1.29 is 14.7 Å². The van der Waals surface area contributed by atoms with E-state index < -0.39 is 6.09 Å². The molecule has 0 saturated carbocycles. The van der Waals surface area contributed by atoms with Crippen LogP contribution in [0.4, 0.5) is 4.79 Å². The monoisotopic (exact) mass is 199 g/mol. The van der Waals surface area contributed by atoms with E-state index >= 15 is 0 Å². The minimum Gasteiger partial charge on any atom is -0.465 e. The van der Waals surface area contributed by atoms with E-state index in [4.69, 9.17) is 5.11 Å². The average Bonchev–Trinajstić information content (AvgIpc) is 2.52. The Bertz CT molecular complexity index is 321. The first-order chi connectivity index (χ1) is 6.13. The van der Waals surface area contributed by atoms with Crippen LogP contribution >= 0.6 is 11.3 Å². The van der Waals surface area contributed by atoms with Crippen LogP contribution in [-0.2, 0) is 6.54 Å². The van der Waals surface area contributed by atoms with Crippen LogP contribution in [0.5, 0.6) is 0 Å². The molecule has 1 aromatic heterocycles. The van der Waals surface area contributed by atoms with Crippen LogP contribution in [0, 0.1) is 0 Å². The van der Waals surface area contributed by atoms with Crippen LogP contribution in [-0.4, -0.2) is 29.4 Å². The summed E-state index contributed by atoms with van der Waals surface area (Å²) in [5.41, 5.74) is 0. The Hall–Kier alpha value is -1.36. The second kappa shape index (κ2) is 4.04. The molecule has 4 nitrogen and oxygen atoms in total.